The van der Waals surface area contributed by atoms with Gasteiger partial charge in [-0.05, 0) is 18.9 Å². The average Bonchev–Trinajstić information content (AvgIpc) is 2.40. The monoisotopic (exact) mass is 315 g/mol. The Morgan fingerprint density at radius 1 is 1.56 bits per heavy atom. The minimum absolute atomic E-state index is 0.0398. The van der Waals surface area contributed by atoms with Gasteiger partial charge in [0.25, 0.3) is 5.69 Å². The van der Waals surface area contributed by atoms with E-state index in [0.29, 0.717) is 17.7 Å². The molecule has 1 atom stereocenters. The molecule has 0 aromatic heterocycles. The van der Waals surface area contributed by atoms with Gasteiger partial charge >= 0.3 is 0 Å². The third kappa shape index (κ3) is 3.20. The molecule has 1 aromatic rings. The van der Waals surface area contributed by atoms with Gasteiger partial charge in [0.2, 0.25) is 0 Å². The second kappa shape index (κ2) is 6.15. The second-order valence-electron chi connectivity index (χ2n) is 4.14. The van der Waals surface area contributed by atoms with Crippen molar-refractivity contribution in [3.63, 3.8) is 0 Å². The number of halogens is 1. The first-order chi connectivity index (χ1) is 8.70. The van der Waals surface area contributed by atoms with Crippen molar-refractivity contribution in [1.29, 1.82) is 0 Å². The maximum absolute atomic E-state index is 10.7. The van der Waals surface area contributed by atoms with E-state index in [2.05, 4.69) is 15.9 Å². The summed E-state index contributed by atoms with van der Waals surface area (Å²) in [6.45, 7) is 1.37. The van der Waals surface area contributed by atoms with E-state index in [4.69, 9.17) is 9.47 Å². The third-order valence-electron chi connectivity index (χ3n) is 2.81. The number of non-ortho nitro benzene ring substituents is 1. The quantitative estimate of drug-likeness (QED) is 0.486. The van der Waals surface area contributed by atoms with Gasteiger partial charge in [0, 0.05) is 29.6 Å². The minimum atomic E-state index is -0.403. The van der Waals surface area contributed by atoms with Gasteiger partial charge in [-0.15, -0.1) is 0 Å². The summed E-state index contributed by atoms with van der Waals surface area (Å²) in [5.41, 5.74) is 0.867. The van der Waals surface area contributed by atoms with Gasteiger partial charge in [0.1, 0.15) is 11.9 Å². The third-order valence-corrected chi connectivity index (χ3v) is 3.42. The molecule has 0 radical (unpaired) electrons. The molecule has 98 valence electrons. The van der Waals surface area contributed by atoms with E-state index in [1.807, 2.05) is 0 Å². The summed E-state index contributed by atoms with van der Waals surface area (Å²) in [4.78, 5) is 10.3. The first-order valence-electron chi connectivity index (χ1n) is 5.78. The van der Waals surface area contributed by atoms with E-state index in [9.17, 15) is 10.1 Å². The highest BCUT2D eigenvalue weighted by atomic mass is 79.9. The predicted molar refractivity (Wildman–Crippen MR) is 70.2 cm³/mol. The Bertz CT molecular complexity index is 432. The number of rotatable bonds is 4. The molecule has 0 spiro atoms. The zero-order chi connectivity index (χ0) is 13.0. The number of benzene rings is 1. The molecule has 0 amide bonds. The Labute approximate surface area is 113 Å². The maximum atomic E-state index is 10.7. The Kier molecular flexibility index (Phi) is 4.54. The highest BCUT2D eigenvalue weighted by molar-refractivity contribution is 9.08. The fourth-order valence-electron chi connectivity index (χ4n) is 1.88. The van der Waals surface area contributed by atoms with Crippen molar-refractivity contribution in [2.75, 3.05) is 13.2 Å². The van der Waals surface area contributed by atoms with Crippen molar-refractivity contribution in [3.05, 3.63) is 33.9 Å². The fourth-order valence-corrected chi connectivity index (χ4v) is 2.32. The van der Waals surface area contributed by atoms with Crippen LogP contribution in [-0.4, -0.2) is 24.2 Å². The lowest BCUT2D eigenvalue weighted by atomic mass is 10.1. The van der Waals surface area contributed by atoms with Crippen molar-refractivity contribution in [3.8, 4) is 5.75 Å². The molecule has 1 saturated heterocycles. The molecular formula is C12H14BrNO4. The van der Waals surface area contributed by atoms with Crippen LogP contribution in [-0.2, 0) is 10.1 Å². The number of ether oxygens (including phenoxy) is 2. The summed E-state index contributed by atoms with van der Waals surface area (Å²) in [6.07, 6.45) is 1.98. The number of nitro benzene ring substituents is 1. The van der Waals surface area contributed by atoms with Gasteiger partial charge in [-0.3, -0.25) is 10.1 Å². The summed E-state index contributed by atoms with van der Waals surface area (Å²) >= 11 is 3.32. The Morgan fingerprint density at radius 2 is 2.39 bits per heavy atom. The van der Waals surface area contributed by atoms with E-state index in [1.165, 1.54) is 12.1 Å². The second-order valence-corrected chi connectivity index (χ2v) is 4.70. The van der Waals surface area contributed by atoms with Crippen molar-refractivity contribution in [2.24, 2.45) is 0 Å². The Balaban J connectivity index is 2.13. The zero-order valence-corrected chi connectivity index (χ0v) is 11.4. The Morgan fingerprint density at radius 3 is 3.00 bits per heavy atom. The lowest BCUT2D eigenvalue weighted by molar-refractivity contribution is -0.384. The van der Waals surface area contributed by atoms with Crippen molar-refractivity contribution < 1.29 is 14.4 Å². The molecule has 2 rings (SSSR count). The molecule has 5 nitrogen and oxygen atoms in total. The molecule has 1 unspecified atom stereocenters. The van der Waals surface area contributed by atoms with Crippen LogP contribution in [0.3, 0.4) is 0 Å². The average molecular weight is 316 g/mol. The SMILES string of the molecule is O=[N+]([O-])c1ccc(OC2CCCOC2)c(CBr)c1. The van der Waals surface area contributed by atoms with E-state index in [-0.39, 0.29) is 11.8 Å². The van der Waals surface area contributed by atoms with E-state index in [1.54, 1.807) is 6.07 Å². The van der Waals surface area contributed by atoms with Crippen LogP contribution in [0.4, 0.5) is 5.69 Å². The molecule has 1 aliphatic heterocycles. The lowest BCUT2D eigenvalue weighted by Gasteiger charge is -2.24. The number of nitrogens with zero attached hydrogens (tertiary/aromatic N) is 1. The molecule has 0 aliphatic carbocycles. The molecule has 0 bridgehead atoms. The largest absolute Gasteiger partial charge is 0.488 e. The summed E-state index contributed by atoms with van der Waals surface area (Å²) in [5, 5.41) is 11.2. The molecule has 1 fully saturated rings. The van der Waals surface area contributed by atoms with E-state index >= 15 is 0 Å². The first-order valence-corrected chi connectivity index (χ1v) is 6.90. The number of hydrogen-bond acceptors (Lipinski definition) is 4. The van der Waals surface area contributed by atoms with Crippen LogP contribution in [0, 0.1) is 10.1 Å². The maximum Gasteiger partial charge on any atom is 0.270 e. The van der Waals surface area contributed by atoms with Crippen LogP contribution in [0.5, 0.6) is 5.75 Å². The van der Waals surface area contributed by atoms with E-state index < -0.39 is 4.92 Å². The topological polar surface area (TPSA) is 61.6 Å². The molecule has 6 heteroatoms. The zero-order valence-electron chi connectivity index (χ0n) is 9.80. The lowest BCUT2D eigenvalue weighted by Crippen LogP contribution is -2.28. The van der Waals surface area contributed by atoms with Crippen LogP contribution < -0.4 is 4.74 Å². The van der Waals surface area contributed by atoms with Gasteiger partial charge in [-0.25, -0.2) is 0 Å². The number of hydrogen-bond donors (Lipinski definition) is 0. The fraction of sp³-hybridized carbons (Fsp3) is 0.500. The molecule has 18 heavy (non-hydrogen) atoms. The highest BCUT2D eigenvalue weighted by Crippen LogP contribution is 2.28. The first kappa shape index (κ1) is 13.3. The van der Waals surface area contributed by atoms with Crippen LogP contribution in [0.2, 0.25) is 0 Å². The summed E-state index contributed by atoms with van der Waals surface area (Å²) in [5.74, 6) is 0.688. The smallest absolute Gasteiger partial charge is 0.270 e. The van der Waals surface area contributed by atoms with Gasteiger partial charge in [-0.1, -0.05) is 15.9 Å². The summed E-state index contributed by atoms with van der Waals surface area (Å²) in [7, 11) is 0. The van der Waals surface area contributed by atoms with E-state index in [0.717, 1.165) is 25.0 Å². The molecule has 1 aliphatic rings. The highest BCUT2D eigenvalue weighted by Gasteiger charge is 2.18. The number of alkyl halides is 1. The van der Waals surface area contributed by atoms with Gasteiger partial charge in [0.05, 0.1) is 11.5 Å². The molecule has 0 N–H and O–H groups in total. The predicted octanol–water partition coefficient (Wildman–Crippen LogP) is 3.05. The standard InChI is InChI=1S/C12H14BrNO4/c13-7-9-6-10(14(15)16)3-4-12(9)18-11-2-1-5-17-8-11/h3-4,6,11H,1-2,5,7-8H2. The van der Waals surface area contributed by atoms with Crippen molar-refractivity contribution >= 4 is 21.6 Å². The summed E-state index contributed by atoms with van der Waals surface area (Å²) in [6, 6.07) is 4.66. The minimum Gasteiger partial charge on any atom is -0.488 e. The van der Waals surface area contributed by atoms with Gasteiger partial charge < -0.3 is 9.47 Å². The normalized spacial score (nSPS) is 19.5. The van der Waals surface area contributed by atoms with Crippen LogP contribution in [0.1, 0.15) is 18.4 Å². The molecule has 1 aromatic carbocycles. The van der Waals surface area contributed by atoms with Crippen molar-refractivity contribution in [1.82, 2.24) is 0 Å². The number of nitro groups is 1. The van der Waals surface area contributed by atoms with Gasteiger partial charge in [0.15, 0.2) is 0 Å². The van der Waals surface area contributed by atoms with Crippen LogP contribution in [0.25, 0.3) is 0 Å². The summed E-state index contributed by atoms with van der Waals surface area (Å²) < 4.78 is 11.2. The van der Waals surface area contributed by atoms with Crippen molar-refractivity contribution in [2.45, 2.75) is 24.3 Å². The van der Waals surface area contributed by atoms with Crippen LogP contribution >= 0.6 is 15.9 Å². The van der Waals surface area contributed by atoms with Gasteiger partial charge in [-0.2, -0.15) is 0 Å². The van der Waals surface area contributed by atoms with Crippen LogP contribution in [0.15, 0.2) is 18.2 Å². The Hall–Kier alpha value is -1.14. The molecular weight excluding hydrogens is 302 g/mol. The molecule has 1 heterocycles. The molecule has 0 saturated carbocycles.